The third-order valence-corrected chi connectivity index (χ3v) is 15.7. The van der Waals surface area contributed by atoms with Gasteiger partial charge in [0.25, 0.3) is 0 Å². The summed E-state index contributed by atoms with van der Waals surface area (Å²) in [6.07, 6.45) is -18.7. The van der Waals surface area contributed by atoms with Gasteiger partial charge in [0, 0.05) is 68.2 Å². The molecule has 1 saturated carbocycles. The van der Waals surface area contributed by atoms with Crippen LogP contribution in [0.3, 0.4) is 0 Å². The molecule has 0 amide bonds. The van der Waals surface area contributed by atoms with Crippen molar-refractivity contribution in [2.75, 3.05) is 51.2 Å². The second-order valence-electron chi connectivity index (χ2n) is 21.2. The number of fused-ring (bicyclic) bond motifs is 2. The van der Waals surface area contributed by atoms with Crippen LogP contribution in [0.15, 0.2) is 66.9 Å². The molecule has 79 heavy (non-hydrogen) atoms. The second-order valence-corrected chi connectivity index (χ2v) is 21.2. The van der Waals surface area contributed by atoms with E-state index in [9.17, 15) is 30.6 Å². The number of aliphatic hydroxyl groups is 6. The maximum absolute atomic E-state index is 12.0. The van der Waals surface area contributed by atoms with Gasteiger partial charge in [-0.15, -0.1) is 5.10 Å². The summed E-state index contributed by atoms with van der Waals surface area (Å²) in [6.45, 7) is 3.57. The first-order valence-electron chi connectivity index (χ1n) is 26.5. The summed E-state index contributed by atoms with van der Waals surface area (Å²) in [5.74, 6) is 2.00. The maximum Gasteiger partial charge on any atom is 0.187 e. The maximum atomic E-state index is 12.0. The number of nitrogens with one attached hydrogen (secondary N) is 2. The van der Waals surface area contributed by atoms with E-state index in [1.165, 1.54) is 10.4 Å². The summed E-state index contributed by atoms with van der Waals surface area (Å²) < 4.78 is 44.3. The Bertz CT molecular complexity index is 3000. The number of likely N-dealkylation sites (N-methyl/N-ethyl adjacent to an activating group) is 1. The Hall–Kier alpha value is -5.42. The minimum Gasteiger partial charge on any atom is -0.487 e. The third kappa shape index (κ3) is 11.3. The highest BCUT2D eigenvalue weighted by molar-refractivity contribution is 5.87. The quantitative estimate of drug-likeness (QED) is 0.0437. The third-order valence-electron chi connectivity index (χ3n) is 15.7. The van der Waals surface area contributed by atoms with E-state index in [1.54, 1.807) is 6.20 Å². The molecule has 11 rings (SSSR count). The standard InChI is InChI=1S/C51H71N15O13/c1-64-10-12-65(13-11-64)25-5-9-30-32(15-25)61-48(59-30)23-4-8-29-31(14-23)60-47(58-29)22-2-6-26(7-3-22)73-21-24-19-66(63-62-24)20-35-45(78-50-37(57)42(71)40(69)34(18-53)75-50)43(72)51(76-35)79-46-38(67)27(54)16-28(55)44(46)77-49-36(56)41(70)39(68)33(17-52)74-49/h2-9,14-15,19,27-28,33-46,49-51,67-72H,10-13,16-18,20-21,52-57H2,1H3,(H,58,60)(H,59,61)/t27-,28?,33?,34+,35-,36?,37?,38?,39-,40-,41-,42?,43?,44-,45+,46-,49+,50-,51+/m1/s1. The van der Waals surface area contributed by atoms with Crippen LogP contribution in [0.4, 0.5) is 5.69 Å². The highest BCUT2D eigenvalue weighted by Crippen LogP contribution is 2.36. The Morgan fingerprint density at radius 1 is 0.608 bits per heavy atom. The molecule has 1 aliphatic carbocycles. The predicted octanol–water partition coefficient (Wildman–Crippen LogP) is -4.18. The van der Waals surface area contributed by atoms with Crippen molar-refractivity contribution in [3.8, 4) is 28.5 Å². The minimum absolute atomic E-state index is 0.0227. The van der Waals surface area contributed by atoms with E-state index in [-0.39, 0.29) is 32.7 Å². The van der Waals surface area contributed by atoms with Gasteiger partial charge >= 0.3 is 0 Å². The number of rotatable bonds is 16. The smallest absolute Gasteiger partial charge is 0.187 e. The van der Waals surface area contributed by atoms with Crippen LogP contribution in [0, 0.1) is 0 Å². The molecule has 5 fully saturated rings. The first kappa shape index (κ1) is 55.5. The number of hydrogen-bond donors (Lipinski definition) is 14. The van der Waals surface area contributed by atoms with Crippen molar-refractivity contribution in [1.82, 2.24) is 39.8 Å². The van der Waals surface area contributed by atoms with Crippen LogP contribution in [0.5, 0.6) is 5.75 Å². The summed E-state index contributed by atoms with van der Waals surface area (Å²) in [5, 5.41) is 74.5. The number of aromatic amines is 2. The van der Waals surface area contributed by atoms with Gasteiger partial charge in [0.2, 0.25) is 0 Å². The lowest BCUT2D eigenvalue weighted by Gasteiger charge is -2.47. The van der Waals surface area contributed by atoms with E-state index in [1.807, 2.05) is 42.5 Å². The molecule has 0 radical (unpaired) electrons. The summed E-state index contributed by atoms with van der Waals surface area (Å²) in [5.41, 5.74) is 43.9. The molecule has 5 aliphatic rings. The number of nitrogens with two attached hydrogens (primary N) is 6. The van der Waals surface area contributed by atoms with Gasteiger partial charge in [-0.25, -0.2) is 14.6 Å². The average molecular weight is 1100 g/mol. The number of ether oxygens (including phenoxy) is 7. The monoisotopic (exact) mass is 1100 g/mol. The van der Waals surface area contributed by atoms with E-state index in [2.05, 4.69) is 55.3 Å². The molecule has 0 spiro atoms. The van der Waals surface area contributed by atoms with E-state index in [0.717, 1.165) is 65.2 Å². The van der Waals surface area contributed by atoms with Crippen molar-refractivity contribution >= 4 is 27.8 Å². The van der Waals surface area contributed by atoms with Crippen molar-refractivity contribution in [1.29, 1.82) is 0 Å². The van der Waals surface area contributed by atoms with Gasteiger partial charge in [-0.3, -0.25) is 0 Å². The number of benzene rings is 3. The fraction of sp³-hybridized carbons (Fsp3) is 0.569. The lowest BCUT2D eigenvalue weighted by molar-refractivity contribution is -0.306. The SMILES string of the molecule is CN1CCN(c2ccc3nc(-c4ccc5nc(-c6ccc(OCc7cn(C[C@H]8O[C@@H](O[C@@H]9C(O)[C@H](N)CC(N)[C@H]9O[C@@H]9OC(CN)[C@@H](O)[C@H](O)C9N)C(O)[C@H]8O[C@H]8O[C@@H](CN)[C@@H](O)C(O)C8N)nn7)cc6)[nH]c5c4)[nH]c3c2)CC1. The van der Waals surface area contributed by atoms with Crippen molar-refractivity contribution in [3.05, 3.63) is 72.6 Å². The van der Waals surface area contributed by atoms with Crippen molar-refractivity contribution in [2.24, 2.45) is 34.4 Å². The Morgan fingerprint density at radius 2 is 1.18 bits per heavy atom. The van der Waals surface area contributed by atoms with Gasteiger partial charge in [0.05, 0.1) is 53.0 Å². The van der Waals surface area contributed by atoms with E-state index in [0.29, 0.717) is 17.3 Å². The van der Waals surface area contributed by atoms with Crippen LogP contribution >= 0.6 is 0 Å². The fourth-order valence-corrected chi connectivity index (χ4v) is 11.0. The highest BCUT2D eigenvalue weighted by Gasteiger charge is 2.54. The minimum atomic E-state index is -1.65. The van der Waals surface area contributed by atoms with Gasteiger partial charge in [0.1, 0.15) is 96.8 Å². The molecule has 0 bridgehead atoms. The van der Waals surface area contributed by atoms with Crippen molar-refractivity contribution in [3.63, 3.8) is 0 Å². The average Bonchev–Trinajstić information content (AvgIpc) is 4.39. The van der Waals surface area contributed by atoms with Crippen LogP contribution in [-0.2, 0) is 41.6 Å². The highest BCUT2D eigenvalue weighted by atomic mass is 16.8. The number of hydrogen-bond acceptors (Lipinski definition) is 25. The Balaban J connectivity index is 0.754. The molecular formula is C51H71N15O13. The van der Waals surface area contributed by atoms with Gasteiger partial charge in [-0.1, -0.05) is 5.21 Å². The number of aromatic nitrogens is 7. The van der Waals surface area contributed by atoms with E-state index < -0.39 is 116 Å². The predicted molar refractivity (Wildman–Crippen MR) is 282 cm³/mol. The first-order valence-corrected chi connectivity index (χ1v) is 26.5. The number of nitrogens with zero attached hydrogens (tertiary/aromatic N) is 7. The number of imidazole rings is 2. The number of aliphatic hydroxyl groups excluding tert-OH is 6. The molecular weight excluding hydrogens is 1030 g/mol. The van der Waals surface area contributed by atoms with Crippen LogP contribution in [-0.4, -0.2) is 233 Å². The van der Waals surface area contributed by atoms with Gasteiger partial charge in [-0.2, -0.15) is 0 Å². The molecule has 3 aromatic carbocycles. The zero-order valence-corrected chi connectivity index (χ0v) is 43.3. The largest absolute Gasteiger partial charge is 0.487 e. The molecule has 7 heterocycles. The summed E-state index contributed by atoms with van der Waals surface area (Å²) >= 11 is 0. The Labute approximate surface area is 452 Å². The lowest BCUT2D eigenvalue weighted by atomic mass is 9.84. The molecule has 19 atom stereocenters. The molecule has 428 valence electrons. The Kier molecular flexibility index (Phi) is 16.3. The number of anilines is 1. The van der Waals surface area contributed by atoms with Crippen molar-refractivity contribution in [2.45, 2.75) is 136 Å². The summed E-state index contributed by atoms with van der Waals surface area (Å²) in [6, 6.07) is 15.5. The topological polar surface area (TPSA) is 437 Å². The Morgan fingerprint density at radius 3 is 1.82 bits per heavy atom. The summed E-state index contributed by atoms with van der Waals surface area (Å²) in [7, 11) is 2.15. The van der Waals surface area contributed by atoms with Gasteiger partial charge < -0.3 is 118 Å². The fourth-order valence-electron chi connectivity index (χ4n) is 11.0. The van der Waals surface area contributed by atoms with Crippen LogP contribution in [0.25, 0.3) is 44.8 Å². The van der Waals surface area contributed by atoms with Gasteiger partial charge in [0.15, 0.2) is 18.9 Å². The van der Waals surface area contributed by atoms with Crippen LogP contribution < -0.4 is 44.0 Å². The van der Waals surface area contributed by atoms with Crippen molar-refractivity contribution < 1.29 is 63.8 Å². The zero-order chi connectivity index (χ0) is 55.4. The van der Waals surface area contributed by atoms with E-state index >= 15 is 0 Å². The van der Waals surface area contributed by atoms with Crippen LogP contribution in [0.2, 0.25) is 0 Å². The lowest BCUT2D eigenvalue weighted by Crippen LogP contribution is -2.68. The first-order chi connectivity index (χ1) is 38.0. The molecule has 28 nitrogen and oxygen atoms in total. The van der Waals surface area contributed by atoms with Gasteiger partial charge in [-0.05, 0) is 74.1 Å². The number of H-pyrrole nitrogens is 2. The molecule has 3 aromatic heterocycles. The molecule has 4 aliphatic heterocycles. The molecule has 20 N–H and O–H groups in total. The van der Waals surface area contributed by atoms with E-state index in [4.69, 9.17) is 77.5 Å². The zero-order valence-electron chi connectivity index (χ0n) is 43.3. The number of piperazine rings is 1. The molecule has 7 unspecified atom stereocenters. The normalized spacial score (nSPS) is 35.7. The second kappa shape index (κ2) is 23.2. The summed E-state index contributed by atoms with van der Waals surface area (Å²) in [4.78, 5) is 21.4. The van der Waals surface area contributed by atoms with Crippen LogP contribution in [0.1, 0.15) is 12.1 Å². The molecule has 28 heteroatoms. The molecule has 4 saturated heterocycles. The molecule has 6 aromatic rings.